The minimum Gasteiger partial charge on any atom is -0.481 e. The topological polar surface area (TPSA) is 90.1 Å². The molecule has 0 saturated carbocycles. The van der Waals surface area contributed by atoms with Gasteiger partial charge < -0.3 is 9.84 Å². The van der Waals surface area contributed by atoms with Gasteiger partial charge in [-0.15, -0.1) is 5.10 Å². The van der Waals surface area contributed by atoms with Gasteiger partial charge in [0.1, 0.15) is 0 Å². The SMILES string of the molecule is O=C(O)CCn1nnnc1-c1ccc2c(c1)COC2. The zero-order valence-electron chi connectivity index (χ0n) is 10.1. The van der Waals surface area contributed by atoms with E-state index in [0.717, 1.165) is 11.1 Å². The van der Waals surface area contributed by atoms with E-state index < -0.39 is 5.97 Å². The lowest BCUT2D eigenvalue weighted by Gasteiger charge is -2.04. The number of ether oxygens (including phenoxy) is 1. The Bertz CT molecular complexity index is 623. The van der Waals surface area contributed by atoms with Gasteiger partial charge in [0.2, 0.25) is 0 Å². The van der Waals surface area contributed by atoms with Gasteiger partial charge in [0, 0.05) is 5.56 Å². The average molecular weight is 260 g/mol. The number of hydrogen-bond acceptors (Lipinski definition) is 5. The van der Waals surface area contributed by atoms with Gasteiger partial charge in [0.15, 0.2) is 5.82 Å². The van der Waals surface area contributed by atoms with Crippen LogP contribution in [0.4, 0.5) is 0 Å². The standard InChI is InChI=1S/C12H12N4O3/c17-11(18)3-4-16-12(13-14-15-16)8-1-2-9-6-19-7-10(9)5-8/h1-2,5H,3-4,6-7H2,(H,17,18). The fourth-order valence-electron chi connectivity index (χ4n) is 2.07. The van der Waals surface area contributed by atoms with Gasteiger partial charge in [-0.25, -0.2) is 4.68 Å². The summed E-state index contributed by atoms with van der Waals surface area (Å²) in [5.41, 5.74) is 3.18. The minimum absolute atomic E-state index is 0.00785. The summed E-state index contributed by atoms with van der Waals surface area (Å²) >= 11 is 0. The number of nitrogens with zero attached hydrogens (tertiary/aromatic N) is 4. The molecule has 1 N–H and O–H groups in total. The fraction of sp³-hybridized carbons (Fsp3) is 0.333. The maximum atomic E-state index is 10.6. The van der Waals surface area contributed by atoms with Crippen LogP contribution < -0.4 is 0 Å². The van der Waals surface area contributed by atoms with Gasteiger partial charge in [-0.1, -0.05) is 12.1 Å². The quantitative estimate of drug-likeness (QED) is 0.876. The van der Waals surface area contributed by atoms with Crippen molar-refractivity contribution in [3.8, 4) is 11.4 Å². The predicted molar refractivity (Wildman–Crippen MR) is 64.0 cm³/mol. The molecule has 1 aliphatic rings. The van der Waals surface area contributed by atoms with Gasteiger partial charge in [-0.2, -0.15) is 0 Å². The van der Waals surface area contributed by atoms with E-state index in [4.69, 9.17) is 9.84 Å². The summed E-state index contributed by atoms with van der Waals surface area (Å²) in [7, 11) is 0. The maximum absolute atomic E-state index is 10.6. The number of aliphatic carboxylic acids is 1. The molecule has 0 aliphatic carbocycles. The lowest BCUT2D eigenvalue weighted by Crippen LogP contribution is -2.07. The smallest absolute Gasteiger partial charge is 0.305 e. The third kappa shape index (κ3) is 2.32. The normalized spacial score (nSPS) is 13.5. The van der Waals surface area contributed by atoms with Crippen molar-refractivity contribution in [3.63, 3.8) is 0 Å². The van der Waals surface area contributed by atoms with Crippen LogP contribution in [0.2, 0.25) is 0 Å². The van der Waals surface area contributed by atoms with Crippen LogP contribution in [0, 0.1) is 0 Å². The highest BCUT2D eigenvalue weighted by Crippen LogP contribution is 2.25. The molecule has 1 aromatic heterocycles. The van der Waals surface area contributed by atoms with E-state index in [1.807, 2.05) is 18.2 Å². The Morgan fingerprint density at radius 1 is 1.37 bits per heavy atom. The lowest BCUT2D eigenvalue weighted by molar-refractivity contribution is -0.137. The number of carboxylic acid groups (broad SMARTS) is 1. The van der Waals surface area contributed by atoms with Crippen LogP contribution in [0.15, 0.2) is 18.2 Å². The molecular weight excluding hydrogens is 248 g/mol. The van der Waals surface area contributed by atoms with E-state index >= 15 is 0 Å². The summed E-state index contributed by atoms with van der Waals surface area (Å²) in [6.45, 7) is 1.49. The molecule has 0 spiro atoms. The van der Waals surface area contributed by atoms with Crippen LogP contribution in [0.5, 0.6) is 0 Å². The summed E-state index contributed by atoms with van der Waals surface area (Å²) in [4.78, 5) is 10.6. The fourth-order valence-corrected chi connectivity index (χ4v) is 2.07. The second kappa shape index (κ2) is 4.77. The molecule has 7 nitrogen and oxygen atoms in total. The van der Waals surface area contributed by atoms with E-state index in [1.54, 1.807) is 0 Å². The molecule has 2 aromatic rings. The Balaban J connectivity index is 1.90. The zero-order chi connectivity index (χ0) is 13.2. The molecular formula is C12H12N4O3. The zero-order valence-corrected chi connectivity index (χ0v) is 10.1. The first-order valence-corrected chi connectivity index (χ1v) is 5.92. The van der Waals surface area contributed by atoms with Gasteiger partial charge >= 0.3 is 5.97 Å². The second-order valence-corrected chi connectivity index (χ2v) is 4.35. The van der Waals surface area contributed by atoms with Gasteiger partial charge in [-0.05, 0) is 27.6 Å². The number of benzene rings is 1. The van der Waals surface area contributed by atoms with Gasteiger partial charge in [0.25, 0.3) is 0 Å². The highest BCUT2D eigenvalue weighted by Gasteiger charge is 2.15. The minimum atomic E-state index is -0.871. The van der Waals surface area contributed by atoms with Crippen molar-refractivity contribution in [2.24, 2.45) is 0 Å². The Kier molecular flexibility index (Phi) is 2.96. The highest BCUT2D eigenvalue weighted by atomic mass is 16.5. The number of aryl methyl sites for hydroxylation is 1. The summed E-state index contributed by atoms with van der Waals surface area (Å²) < 4.78 is 6.87. The molecule has 0 bridgehead atoms. The number of fused-ring (bicyclic) bond motifs is 1. The summed E-state index contributed by atoms with van der Waals surface area (Å²) in [6, 6.07) is 5.91. The molecule has 0 unspecified atom stereocenters. The number of hydrogen-bond donors (Lipinski definition) is 1. The number of carboxylic acids is 1. The Morgan fingerprint density at radius 3 is 3.05 bits per heavy atom. The molecule has 98 valence electrons. The second-order valence-electron chi connectivity index (χ2n) is 4.35. The van der Waals surface area contributed by atoms with Crippen molar-refractivity contribution in [2.45, 2.75) is 26.2 Å². The summed E-state index contributed by atoms with van der Waals surface area (Å²) in [6.07, 6.45) is -0.00785. The van der Waals surface area contributed by atoms with Crippen LogP contribution in [-0.2, 0) is 29.3 Å². The van der Waals surface area contributed by atoms with Crippen LogP contribution in [0.1, 0.15) is 17.5 Å². The third-order valence-electron chi connectivity index (χ3n) is 3.05. The van der Waals surface area contributed by atoms with Crippen LogP contribution in [0.3, 0.4) is 0 Å². The molecule has 0 atom stereocenters. The first kappa shape index (κ1) is 11.8. The van der Waals surface area contributed by atoms with Crippen molar-refractivity contribution < 1.29 is 14.6 Å². The molecule has 1 aromatic carbocycles. The summed E-state index contributed by atoms with van der Waals surface area (Å²) in [5, 5.41) is 20.1. The Labute approximate surface area is 108 Å². The molecule has 19 heavy (non-hydrogen) atoms. The number of carbonyl (C=O) groups is 1. The maximum Gasteiger partial charge on any atom is 0.305 e. The van der Waals surface area contributed by atoms with E-state index in [1.165, 1.54) is 10.2 Å². The number of aromatic nitrogens is 4. The van der Waals surface area contributed by atoms with E-state index in [2.05, 4.69) is 15.5 Å². The van der Waals surface area contributed by atoms with Crippen molar-refractivity contribution in [3.05, 3.63) is 29.3 Å². The average Bonchev–Trinajstić information content (AvgIpc) is 3.04. The van der Waals surface area contributed by atoms with E-state index in [0.29, 0.717) is 19.0 Å². The lowest BCUT2D eigenvalue weighted by atomic mass is 10.1. The van der Waals surface area contributed by atoms with Crippen molar-refractivity contribution in [1.82, 2.24) is 20.2 Å². The van der Waals surface area contributed by atoms with Crippen molar-refractivity contribution in [1.29, 1.82) is 0 Å². The first-order valence-electron chi connectivity index (χ1n) is 5.92. The van der Waals surface area contributed by atoms with Crippen LogP contribution in [-0.4, -0.2) is 31.3 Å². The molecule has 0 saturated heterocycles. The Hall–Kier alpha value is -2.28. The molecule has 0 amide bonds. The summed E-state index contributed by atoms with van der Waals surface area (Å²) in [5.74, 6) is -0.292. The van der Waals surface area contributed by atoms with E-state index in [9.17, 15) is 4.79 Å². The molecule has 2 heterocycles. The number of rotatable bonds is 4. The van der Waals surface area contributed by atoms with Crippen LogP contribution in [0.25, 0.3) is 11.4 Å². The third-order valence-corrected chi connectivity index (χ3v) is 3.05. The van der Waals surface area contributed by atoms with Gasteiger partial charge in [-0.3, -0.25) is 4.79 Å². The van der Waals surface area contributed by atoms with Crippen molar-refractivity contribution in [2.75, 3.05) is 0 Å². The monoisotopic (exact) mass is 260 g/mol. The van der Waals surface area contributed by atoms with E-state index in [-0.39, 0.29) is 13.0 Å². The van der Waals surface area contributed by atoms with Crippen molar-refractivity contribution >= 4 is 5.97 Å². The molecule has 7 heteroatoms. The molecule has 0 fully saturated rings. The largest absolute Gasteiger partial charge is 0.481 e. The predicted octanol–water partition coefficient (Wildman–Crippen LogP) is 0.845. The van der Waals surface area contributed by atoms with Gasteiger partial charge in [0.05, 0.1) is 26.2 Å². The first-order chi connectivity index (χ1) is 9.24. The Morgan fingerprint density at radius 2 is 2.21 bits per heavy atom. The number of tetrazole rings is 1. The molecule has 1 aliphatic heterocycles. The molecule has 3 rings (SSSR count). The molecule has 0 radical (unpaired) electrons. The van der Waals surface area contributed by atoms with Crippen LogP contribution >= 0.6 is 0 Å². The highest BCUT2D eigenvalue weighted by molar-refractivity contribution is 5.66.